The summed E-state index contributed by atoms with van der Waals surface area (Å²) in [5, 5.41) is 10.3. The molecule has 1 N–H and O–H groups in total. The van der Waals surface area contributed by atoms with Gasteiger partial charge < -0.3 is 19.3 Å². The van der Waals surface area contributed by atoms with E-state index in [9.17, 15) is 19.1 Å². The summed E-state index contributed by atoms with van der Waals surface area (Å²) in [6.07, 6.45) is 0. The van der Waals surface area contributed by atoms with Crippen molar-refractivity contribution in [3.8, 4) is 28.4 Å². The number of hydrogen-bond donors (Lipinski definition) is 1. The summed E-state index contributed by atoms with van der Waals surface area (Å²) in [5.74, 6) is -3.75. The van der Waals surface area contributed by atoms with Crippen LogP contribution in [-0.4, -0.2) is 31.3 Å². The number of para-hydroxylation sites is 2. The van der Waals surface area contributed by atoms with Crippen LogP contribution in [0.25, 0.3) is 11.1 Å². The van der Waals surface area contributed by atoms with E-state index in [4.69, 9.17) is 14.2 Å². The molecule has 4 aromatic rings. The van der Waals surface area contributed by atoms with E-state index in [1.165, 1.54) is 26.4 Å². The van der Waals surface area contributed by atoms with Crippen molar-refractivity contribution in [1.82, 2.24) is 0 Å². The first-order chi connectivity index (χ1) is 18.9. The molecule has 1 aliphatic rings. The van der Waals surface area contributed by atoms with E-state index in [0.717, 1.165) is 11.1 Å². The van der Waals surface area contributed by atoms with Crippen LogP contribution in [0, 0.1) is 17.7 Å². The number of carbonyl (C=O) groups is 2. The van der Waals surface area contributed by atoms with E-state index in [1.807, 2.05) is 6.07 Å². The van der Waals surface area contributed by atoms with Crippen LogP contribution in [0.1, 0.15) is 23.0 Å². The molecule has 1 saturated carbocycles. The Balaban J connectivity index is 1.55. The largest absolute Gasteiger partial charge is 0.496 e. The van der Waals surface area contributed by atoms with Gasteiger partial charge in [-0.05, 0) is 58.7 Å². The third-order valence-corrected chi connectivity index (χ3v) is 7.33. The van der Waals surface area contributed by atoms with Gasteiger partial charge in [-0.2, -0.15) is 0 Å². The first-order valence-electron chi connectivity index (χ1n) is 12.5. The maximum absolute atomic E-state index is 13.9. The molecule has 0 amide bonds. The van der Waals surface area contributed by atoms with Crippen molar-refractivity contribution in [2.24, 2.45) is 11.8 Å². The molecule has 0 aliphatic heterocycles. The molecule has 0 heterocycles. The molecule has 7 heteroatoms. The van der Waals surface area contributed by atoms with Gasteiger partial charge in [0.15, 0.2) is 0 Å². The highest BCUT2D eigenvalue weighted by Gasteiger charge is 2.60. The van der Waals surface area contributed by atoms with Crippen LogP contribution in [0.2, 0.25) is 0 Å². The molecule has 0 aromatic heterocycles. The van der Waals surface area contributed by atoms with Crippen LogP contribution in [0.3, 0.4) is 0 Å². The molecule has 6 nitrogen and oxygen atoms in total. The van der Waals surface area contributed by atoms with E-state index in [0.29, 0.717) is 28.4 Å². The molecule has 1 aliphatic carbocycles. The number of ether oxygens (including phenoxy) is 3. The zero-order valence-electron chi connectivity index (χ0n) is 21.4. The first kappa shape index (κ1) is 26.0. The number of hydrogen-bond acceptors (Lipinski definition) is 5. The van der Waals surface area contributed by atoms with Gasteiger partial charge in [0.1, 0.15) is 23.1 Å². The molecular formula is C32H27FO6. The summed E-state index contributed by atoms with van der Waals surface area (Å²) in [5.41, 5.74) is 2.77. The SMILES string of the molecule is COc1ccccc1[C@H]1[C@H](C(=O)O)[C@H](c2ccccc2OC)[C@@H]1C(=O)Oc1cccc(-c2ccc(F)cc2)c1. The summed E-state index contributed by atoms with van der Waals surface area (Å²) in [6, 6.07) is 27.2. The number of rotatable bonds is 8. The summed E-state index contributed by atoms with van der Waals surface area (Å²) < 4.78 is 30.4. The lowest BCUT2D eigenvalue weighted by Gasteiger charge is -2.49. The summed E-state index contributed by atoms with van der Waals surface area (Å²) in [6.45, 7) is 0. The van der Waals surface area contributed by atoms with Crippen LogP contribution < -0.4 is 14.2 Å². The minimum Gasteiger partial charge on any atom is -0.496 e. The molecule has 0 spiro atoms. The van der Waals surface area contributed by atoms with Crippen LogP contribution in [0.5, 0.6) is 17.2 Å². The lowest BCUT2D eigenvalue weighted by atomic mass is 9.52. The van der Waals surface area contributed by atoms with Gasteiger partial charge in [-0.15, -0.1) is 0 Å². The maximum atomic E-state index is 13.9. The fourth-order valence-electron chi connectivity index (χ4n) is 5.57. The van der Waals surface area contributed by atoms with Gasteiger partial charge in [0.05, 0.1) is 26.1 Å². The predicted octanol–water partition coefficient (Wildman–Crippen LogP) is 6.31. The Labute approximate surface area is 225 Å². The summed E-state index contributed by atoms with van der Waals surface area (Å²) in [7, 11) is 3.03. The van der Waals surface area contributed by atoms with Crippen molar-refractivity contribution < 1.29 is 33.3 Å². The Kier molecular flexibility index (Phi) is 7.32. The van der Waals surface area contributed by atoms with Gasteiger partial charge in [0.25, 0.3) is 0 Å². The third-order valence-electron chi connectivity index (χ3n) is 7.33. The Bertz CT molecular complexity index is 1440. The minimum absolute atomic E-state index is 0.304. The van der Waals surface area contributed by atoms with Crippen molar-refractivity contribution >= 4 is 11.9 Å². The normalized spacial score (nSPS) is 20.0. The molecule has 39 heavy (non-hydrogen) atoms. The number of esters is 1. The molecule has 0 unspecified atom stereocenters. The highest BCUT2D eigenvalue weighted by atomic mass is 19.1. The monoisotopic (exact) mass is 526 g/mol. The predicted molar refractivity (Wildman–Crippen MR) is 144 cm³/mol. The standard InChI is InChI=1S/C32H27FO6/c1-37-25-12-5-3-10-23(25)27-29(31(34)35)28(24-11-4-6-13-26(24)38-2)30(27)32(36)39-22-9-7-8-20(18-22)19-14-16-21(33)17-15-19/h3-18,27-30H,1-2H3,(H,34,35)/t27-,28-,29-,30+/m0/s1. The second-order valence-electron chi connectivity index (χ2n) is 9.38. The smallest absolute Gasteiger partial charge is 0.315 e. The van der Waals surface area contributed by atoms with Gasteiger partial charge in [0.2, 0.25) is 0 Å². The number of carbonyl (C=O) groups excluding carboxylic acids is 1. The lowest BCUT2D eigenvalue weighted by Crippen LogP contribution is -2.52. The second-order valence-corrected chi connectivity index (χ2v) is 9.38. The van der Waals surface area contributed by atoms with Crippen LogP contribution in [-0.2, 0) is 9.59 Å². The number of halogens is 1. The topological polar surface area (TPSA) is 82.1 Å². The van der Waals surface area contributed by atoms with Gasteiger partial charge in [-0.25, -0.2) is 4.39 Å². The fourth-order valence-corrected chi connectivity index (χ4v) is 5.57. The molecule has 0 bridgehead atoms. The van der Waals surface area contributed by atoms with E-state index in [-0.39, 0.29) is 5.82 Å². The highest BCUT2D eigenvalue weighted by molar-refractivity contribution is 5.86. The van der Waals surface area contributed by atoms with Crippen molar-refractivity contribution in [2.75, 3.05) is 14.2 Å². The zero-order valence-corrected chi connectivity index (χ0v) is 21.4. The number of benzene rings is 4. The van der Waals surface area contributed by atoms with Gasteiger partial charge in [-0.1, -0.05) is 60.7 Å². The summed E-state index contributed by atoms with van der Waals surface area (Å²) >= 11 is 0. The van der Waals surface area contributed by atoms with Crippen molar-refractivity contribution in [2.45, 2.75) is 11.8 Å². The molecule has 0 saturated heterocycles. The molecule has 1 fully saturated rings. The molecule has 4 aromatic carbocycles. The molecule has 2 atom stereocenters. The van der Waals surface area contributed by atoms with Crippen molar-refractivity contribution in [3.63, 3.8) is 0 Å². The second kappa shape index (κ2) is 11.0. The number of methoxy groups -OCH3 is 2. The van der Waals surface area contributed by atoms with Gasteiger partial charge in [-0.3, -0.25) is 9.59 Å². The van der Waals surface area contributed by atoms with Crippen LogP contribution in [0.15, 0.2) is 97.1 Å². The van der Waals surface area contributed by atoms with Crippen LogP contribution in [0.4, 0.5) is 4.39 Å². The lowest BCUT2D eigenvalue weighted by molar-refractivity contribution is -0.158. The minimum atomic E-state index is -1.02. The number of aliphatic carboxylic acids is 1. The Morgan fingerprint density at radius 1 is 0.692 bits per heavy atom. The average Bonchev–Trinajstić information content (AvgIpc) is 2.93. The molecule has 198 valence electrons. The van der Waals surface area contributed by atoms with Crippen molar-refractivity contribution in [3.05, 3.63) is 114 Å². The van der Waals surface area contributed by atoms with Crippen LogP contribution >= 0.6 is 0 Å². The quantitative estimate of drug-likeness (QED) is 0.214. The van der Waals surface area contributed by atoms with E-state index in [1.54, 1.807) is 78.9 Å². The first-order valence-corrected chi connectivity index (χ1v) is 12.5. The Morgan fingerprint density at radius 2 is 1.26 bits per heavy atom. The third kappa shape index (κ3) is 4.95. The van der Waals surface area contributed by atoms with Gasteiger partial charge >= 0.3 is 11.9 Å². The van der Waals surface area contributed by atoms with E-state index < -0.39 is 35.6 Å². The fraction of sp³-hybridized carbons (Fsp3) is 0.188. The summed E-state index contributed by atoms with van der Waals surface area (Å²) in [4.78, 5) is 26.5. The maximum Gasteiger partial charge on any atom is 0.315 e. The van der Waals surface area contributed by atoms with E-state index in [2.05, 4.69) is 0 Å². The number of carboxylic acids is 1. The zero-order chi connectivity index (χ0) is 27.5. The van der Waals surface area contributed by atoms with Gasteiger partial charge in [0, 0.05) is 11.8 Å². The van der Waals surface area contributed by atoms with Crippen molar-refractivity contribution in [1.29, 1.82) is 0 Å². The highest BCUT2D eigenvalue weighted by Crippen LogP contribution is 2.60. The Hall–Kier alpha value is -4.65. The number of carboxylic acid groups (broad SMARTS) is 1. The average molecular weight is 527 g/mol. The molecule has 5 rings (SSSR count). The molecular weight excluding hydrogens is 499 g/mol. The van der Waals surface area contributed by atoms with E-state index >= 15 is 0 Å². The Morgan fingerprint density at radius 3 is 1.79 bits per heavy atom. The molecule has 0 radical (unpaired) electrons.